The third-order valence-corrected chi connectivity index (χ3v) is 5.78. The second-order valence-corrected chi connectivity index (χ2v) is 8.85. The van der Waals surface area contributed by atoms with Gasteiger partial charge in [-0.05, 0) is 55.2 Å². The molecule has 4 rings (SSSR count). The van der Waals surface area contributed by atoms with Crippen molar-refractivity contribution in [3.05, 3.63) is 72.0 Å². The van der Waals surface area contributed by atoms with Crippen LogP contribution in [0.2, 0.25) is 0 Å². The van der Waals surface area contributed by atoms with Crippen molar-refractivity contribution in [1.82, 2.24) is 10.1 Å². The van der Waals surface area contributed by atoms with Crippen molar-refractivity contribution in [1.29, 1.82) is 0 Å². The number of amides is 1. The summed E-state index contributed by atoms with van der Waals surface area (Å²) in [5.74, 6) is -0.566. The summed E-state index contributed by atoms with van der Waals surface area (Å²) in [4.78, 5) is 14.7. The zero-order valence-corrected chi connectivity index (χ0v) is 18.5. The minimum absolute atomic E-state index is 0.0177. The van der Waals surface area contributed by atoms with E-state index in [4.69, 9.17) is 9.26 Å². The molecule has 8 heteroatoms. The van der Waals surface area contributed by atoms with Gasteiger partial charge >= 0.3 is 0 Å². The monoisotopic (exact) mass is 456 g/mol. The van der Waals surface area contributed by atoms with E-state index in [2.05, 4.69) is 5.16 Å². The van der Waals surface area contributed by atoms with Gasteiger partial charge < -0.3 is 19.3 Å². The number of carbonyl (C=O) groups excluding carboxylic acids is 1. The number of carbonyl (C=O) groups is 1. The van der Waals surface area contributed by atoms with Crippen LogP contribution in [0.25, 0.3) is 11.3 Å². The van der Waals surface area contributed by atoms with Crippen molar-refractivity contribution in [3.8, 4) is 17.0 Å². The van der Waals surface area contributed by atoms with Crippen molar-refractivity contribution in [3.63, 3.8) is 0 Å². The van der Waals surface area contributed by atoms with Crippen molar-refractivity contribution in [2.45, 2.75) is 38.4 Å². The van der Waals surface area contributed by atoms with Gasteiger partial charge in [0.15, 0.2) is 0 Å². The van der Waals surface area contributed by atoms with Crippen LogP contribution in [0.4, 0.5) is 8.78 Å². The largest absolute Gasteiger partial charge is 0.486 e. The van der Waals surface area contributed by atoms with Gasteiger partial charge in [0, 0.05) is 18.2 Å². The molecule has 1 amide bonds. The van der Waals surface area contributed by atoms with Gasteiger partial charge in [0.2, 0.25) is 5.76 Å². The first kappa shape index (κ1) is 22.9. The number of benzene rings is 2. The SMILES string of the molecule is CC(C)C[C@]1(O)CCN(C(=O)c2cc(-c3cccc(F)c3)no2)C[C@@H]1Oc1ccc(F)cc1. The first-order valence-electron chi connectivity index (χ1n) is 10.9. The fourth-order valence-electron chi connectivity index (χ4n) is 4.22. The van der Waals surface area contributed by atoms with Crippen molar-refractivity contribution >= 4 is 5.91 Å². The number of aromatic nitrogens is 1. The third-order valence-electron chi connectivity index (χ3n) is 5.78. The van der Waals surface area contributed by atoms with E-state index in [1.54, 1.807) is 17.0 Å². The van der Waals surface area contributed by atoms with E-state index in [1.807, 2.05) is 13.8 Å². The molecule has 0 unspecified atom stereocenters. The Labute approximate surface area is 190 Å². The maximum absolute atomic E-state index is 13.5. The summed E-state index contributed by atoms with van der Waals surface area (Å²) in [5.41, 5.74) is -0.293. The predicted molar refractivity (Wildman–Crippen MR) is 118 cm³/mol. The second-order valence-electron chi connectivity index (χ2n) is 8.85. The van der Waals surface area contributed by atoms with E-state index in [0.29, 0.717) is 36.4 Å². The van der Waals surface area contributed by atoms with Gasteiger partial charge in [-0.25, -0.2) is 8.78 Å². The van der Waals surface area contributed by atoms with Gasteiger partial charge in [0.25, 0.3) is 5.91 Å². The Morgan fingerprint density at radius 2 is 1.97 bits per heavy atom. The molecule has 1 aromatic heterocycles. The number of likely N-dealkylation sites (tertiary alicyclic amines) is 1. The van der Waals surface area contributed by atoms with Gasteiger partial charge in [-0.15, -0.1) is 0 Å². The number of piperidine rings is 1. The van der Waals surface area contributed by atoms with Crippen molar-refractivity contribution < 1.29 is 27.9 Å². The van der Waals surface area contributed by atoms with Crippen LogP contribution in [0.5, 0.6) is 5.75 Å². The Hall–Kier alpha value is -3.26. The molecule has 2 heterocycles. The molecular formula is C25H26F2N2O4. The average Bonchev–Trinajstić information content (AvgIpc) is 3.26. The summed E-state index contributed by atoms with van der Waals surface area (Å²) >= 11 is 0. The highest BCUT2D eigenvalue weighted by Gasteiger charge is 2.45. The van der Waals surface area contributed by atoms with Crippen LogP contribution in [0.1, 0.15) is 37.2 Å². The minimum Gasteiger partial charge on any atom is -0.486 e. The number of aliphatic hydroxyl groups is 1. The highest BCUT2D eigenvalue weighted by atomic mass is 19.1. The fraction of sp³-hybridized carbons (Fsp3) is 0.360. The Bertz CT molecular complexity index is 1120. The summed E-state index contributed by atoms with van der Waals surface area (Å²) in [6.45, 7) is 4.44. The Balaban J connectivity index is 1.53. The summed E-state index contributed by atoms with van der Waals surface area (Å²) < 4.78 is 38.1. The van der Waals surface area contributed by atoms with Crippen LogP contribution >= 0.6 is 0 Å². The normalized spacial score (nSPS) is 20.8. The van der Waals surface area contributed by atoms with Gasteiger partial charge in [-0.3, -0.25) is 4.79 Å². The lowest BCUT2D eigenvalue weighted by molar-refractivity contribution is -0.111. The molecule has 1 aliphatic heterocycles. The zero-order chi connectivity index (χ0) is 23.6. The maximum Gasteiger partial charge on any atom is 0.292 e. The molecule has 6 nitrogen and oxygen atoms in total. The van der Waals surface area contributed by atoms with E-state index in [1.165, 1.54) is 42.5 Å². The fourth-order valence-corrected chi connectivity index (χ4v) is 4.22. The van der Waals surface area contributed by atoms with Crippen LogP contribution < -0.4 is 4.74 Å². The molecular weight excluding hydrogens is 430 g/mol. The van der Waals surface area contributed by atoms with E-state index in [-0.39, 0.29) is 24.0 Å². The van der Waals surface area contributed by atoms with Crippen LogP contribution in [0, 0.1) is 17.6 Å². The summed E-state index contributed by atoms with van der Waals surface area (Å²) in [5, 5.41) is 15.3. The number of hydrogen-bond donors (Lipinski definition) is 1. The molecule has 0 saturated carbocycles. The molecule has 1 fully saturated rings. The van der Waals surface area contributed by atoms with Gasteiger partial charge in [-0.1, -0.05) is 31.1 Å². The molecule has 3 aromatic rings. The number of hydrogen-bond acceptors (Lipinski definition) is 5. The molecule has 0 aliphatic carbocycles. The smallest absolute Gasteiger partial charge is 0.292 e. The number of rotatable bonds is 6. The van der Waals surface area contributed by atoms with Gasteiger partial charge in [0.1, 0.15) is 34.8 Å². The van der Waals surface area contributed by atoms with Gasteiger partial charge in [0.05, 0.1) is 6.54 Å². The lowest BCUT2D eigenvalue weighted by Gasteiger charge is -2.44. The third kappa shape index (κ3) is 5.22. The molecule has 33 heavy (non-hydrogen) atoms. The number of ether oxygens (including phenoxy) is 1. The molecule has 1 saturated heterocycles. The highest BCUT2D eigenvalue weighted by Crippen LogP contribution is 2.33. The van der Waals surface area contributed by atoms with Crippen LogP contribution in [-0.4, -0.2) is 45.9 Å². The first-order valence-corrected chi connectivity index (χ1v) is 10.9. The van der Waals surface area contributed by atoms with E-state index < -0.39 is 23.4 Å². The molecule has 1 aliphatic rings. The van der Waals surface area contributed by atoms with Crippen LogP contribution in [-0.2, 0) is 0 Å². The Kier molecular flexibility index (Phi) is 6.47. The van der Waals surface area contributed by atoms with E-state index in [9.17, 15) is 18.7 Å². The standard InChI is InChI=1S/C25H26F2N2O4/c1-16(2)14-25(31)10-11-29(15-23(25)32-20-8-6-18(26)7-9-20)24(30)22-13-21(28-33-22)17-4-3-5-19(27)12-17/h3-9,12-13,16,23,31H,10-11,14-15H2,1-2H3/t23-,25+/m0/s1. The molecule has 2 aromatic carbocycles. The molecule has 174 valence electrons. The van der Waals surface area contributed by atoms with Crippen LogP contribution in [0.15, 0.2) is 59.1 Å². The predicted octanol–water partition coefficient (Wildman–Crippen LogP) is 4.69. The van der Waals surface area contributed by atoms with Crippen molar-refractivity contribution in [2.75, 3.05) is 13.1 Å². The average molecular weight is 456 g/mol. The lowest BCUT2D eigenvalue weighted by atomic mass is 9.81. The Morgan fingerprint density at radius 3 is 2.67 bits per heavy atom. The molecule has 2 atom stereocenters. The number of nitrogens with zero attached hydrogens (tertiary/aromatic N) is 2. The lowest BCUT2D eigenvalue weighted by Crippen LogP contribution is -2.59. The summed E-state index contributed by atoms with van der Waals surface area (Å²) in [6.07, 6.45) is 0.0919. The second kappa shape index (κ2) is 9.31. The molecule has 1 N–H and O–H groups in total. The minimum atomic E-state index is -1.15. The topological polar surface area (TPSA) is 75.8 Å². The quantitative estimate of drug-likeness (QED) is 0.582. The van der Waals surface area contributed by atoms with E-state index in [0.717, 1.165) is 0 Å². The van der Waals surface area contributed by atoms with Crippen LogP contribution in [0.3, 0.4) is 0 Å². The van der Waals surface area contributed by atoms with Crippen molar-refractivity contribution in [2.24, 2.45) is 5.92 Å². The van der Waals surface area contributed by atoms with E-state index >= 15 is 0 Å². The zero-order valence-electron chi connectivity index (χ0n) is 18.5. The summed E-state index contributed by atoms with van der Waals surface area (Å²) in [7, 11) is 0. The maximum atomic E-state index is 13.5. The number of halogens is 2. The molecule has 0 bridgehead atoms. The summed E-state index contributed by atoms with van der Waals surface area (Å²) in [6, 6.07) is 12.9. The van der Waals surface area contributed by atoms with Gasteiger partial charge in [-0.2, -0.15) is 0 Å². The highest BCUT2D eigenvalue weighted by molar-refractivity contribution is 5.92. The first-order chi connectivity index (χ1) is 15.7. The molecule has 0 spiro atoms. The Morgan fingerprint density at radius 1 is 1.21 bits per heavy atom. The molecule has 0 radical (unpaired) electrons.